The van der Waals surface area contributed by atoms with E-state index in [4.69, 9.17) is 5.10 Å². The van der Waals surface area contributed by atoms with Crippen LogP contribution < -0.4 is 5.32 Å². The van der Waals surface area contributed by atoms with E-state index >= 15 is 0 Å². The second-order valence-electron chi connectivity index (χ2n) is 6.14. The molecule has 0 fully saturated rings. The topological polar surface area (TPSA) is 87.6 Å². The van der Waals surface area contributed by atoms with Crippen molar-refractivity contribution in [3.05, 3.63) is 47.3 Å². The minimum Gasteiger partial charge on any atom is -0.309 e. The van der Waals surface area contributed by atoms with Gasteiger partial charge in [-0.15, -0.1) is 10.2 Å². The Morgan fingerprint density at radius 1 is 1.25 bits per heavy atom. The van der Waals surface area contributed by atoms with E-state index in [1.165, 1.54) is 11.3 Å². The van der Waals surface area contributed by atoms with Crippen LogP contribution in [-0.2, 0) is 26.2 Å². The van der Waals surface area contributed by atoms with Gasteiger partial charge in [-0.1, -0.05) is 18.2 Å². The third-order valence-corrected chi connectivity index (χ3v) is 4.14. The Balaban J connectivity index is 1.43. The molecule has 8 heteroatoms. The van der Waals surface area contributed by atoms with E-state index in [9.17, 15) is 0 Å². The molecule has 0 spiro atoms. The van der Waals surface area contributed by atoms with Gasteiger partial charge in [0, 0.05) is 31.7 Å². The fraction of sp³-hybridized carbons (Fsp3) is 0.375. The van der Waals surface area contributed by atoms with Crippen LogP contribution in [0.5, 0.6) is 0 Å². The van der Waals surface area contributed by atoms with Gasteiger partial charge in [-0.3, -0.25) is 9.58 Å². The van der Waals surface area contributed by atoms with Crippen molar-refractivity contribution in [3.8, 4) is 11.4 Å². The van der Waals surface area contributed by atoms with Gasteiger partial charge in [0.1, 0.15) is 0 Å². The van der Waals surface area contributed by atoms with Crippen molar-refractivity contribution >= 4 is 0 Å². The molecule has 0 saturated heterocycles. The zero-order chi connectivity index (χ0) is 16.4. The second-order valence-corrected chi connectivity index (χ2v) is 6.14. The Bertz CT molecular complexity index is 784. The van der Waals surface area contributed by atoms with E-state index in [0.717, 1.165) is 44.0 Å². The maximum Gasteiger partial charge on any atom is 0.204 e. The number of nitrogens with one attached hydrogen (secondary N) is 2. The van der Waals surface area contributed by atoms with Gasteiger partial charge in [-0.25, -0.2) is 0 Å². The first kappa shape index (κ1) is 15.0. The first-order valence-corrected chi connectivity index (χ1v) is 8.05. The summed E-state index contributed by atoms with van der Waals surface area (Å²) in [5.74, 6) is 0.619. The third-order valence-electron chi connectivity index (χ3n) is 4.14. The number of fused-ring (bicyclic) bond motifs is 1. The van der Waals surface area contributed by atoms with Crippen molar-refractivity contribution in [1.82, 2.24) is 40.6 Å². The summed E-state index contributed by atoms with van der Waals surface area (Å²) < 4.78 is 2.11. The van der Waals surface area contributed by atoms with E-state index in [2.05, 4.69) is 60.8 Å². The molecule has 0 aliphatic carbocycles. The largest absolute Gasteiger partial charge is 0.309 e. The highest BCUT2D eigenvalue weighted by Crippen LogP contribution is 2.17. The Labute approximate surface area is 139 Å². The van der Waals surface area contributed by atoms with Crippen molar-refractivity contribution < 1.29 is 0 Å². The SMILES string of the molecule is CN(Cc1cccc(-c2nn[nH]n2)c1)Cc1cc2n(n1)CCNC2. The van der Waals surface area contributed by atoms with Crippen LogP contribution in [0.3, 0.4) is 0 Å². The number of aromatic nitrogens is 6. The molecule has 0 radical (unpaired) electrons. The Morgan fingerprint density at radius 2 is 2.21 bits per heavy atom. The van der Waals surface area contributed by atoms with Gasteiger partial charge < -0.3 is 5.32 Å². The summed E-state index contributed by atoms with van der Waals surface area (Å²) in [5, 5.41) is 22.2. The number of benzene rings is 1. The minimum atomic E-state index is 0.619. The van der Waals surface area contributed by atoms with Crippen LogP contribution in [-0.4, -0.2) is 48.9 Å². The molecule has 1 aliphatic rings. The first-order chi connectivity index (χ1) is 11.8. The van der Waals surface area contributed by atoms with Crippen molar-refractivity contribution in [2.24, 2.45) is 0 Å². The second kappa shape index (κ2) is 6.50. The molecule has 24 heavy (non-hydrogen) atoms. The van der Waals surface area contributed by atoms with Crippen LogP contribution in [0.2, 0.25) is 0 Å². The Morgan fingerprint density at radius 3 is 3.04 bits per heavy atom. The minimum absolute atomic E-state index is 0.619. The summed E-state index contributed by atoms with van der Waals surface area (Å²) >= 11 is 0. The molecule has 1 aromatic carbocycles. The quantitative estimate of drug-likeness (QED) is 0.722. The Hall–Kier alpha value is -2.58. The number of hydrogen-bond acceptors (Lipinski definition) is 6. The highest BCUT2D eigenvalue weighted by atomic mass is 15.5. The molecule has 0 amide bonds. The van der Waals surface area contributed by atoms with E-state index in [1.807, 2.05) is 12.1 Å². The van der Waals surface area contributed by atoms with Gasteiger partial charge >= 0.3 is 0 Å². The molecular weight excluding hydrogens is 304 g/mol. The summed E-state index contributed by atoms with van der Waals surface area (Å²) in [7, 11) is 2.11. The zero-order valence-corrected chi connectivity index (χ0v) is 13.6. The zero-order valence-electron chi connectivity index (χ0n) is 13.6. The van der Waals surface area contributed by atoms with Crippen molar-refractivity contribution in [2.75, 3.05) is 13.6 Å². The molecule has 2 aromatic heterocycles. The van der Waals surface area contributed by atoms with Gasteiger partial charge in [0.15, 0.2) is 0 Å². The molecular formula is C16H20N8. The van der Waals surface area contributed by atoms with E-state index in [1.54, 1.807) is 0 Å². The van der Waals surface area contributed by atoms with Crippen LogP contribution in [0.4, 0.5) is 0 Å². The van der Waals surface area contributed by atoms with Crippen LogP contribution in [0.1, 0.15) is 17.0 Å². The fourth-order valence-electron chi connectivity index (χ4n) is 3.07. The van der Waals surface area contributed by atoms with Crippen LogP contribution >= 0.6 is 0 Å². The lowest BCUT2D eigenvalue weighted by Gasteiger charge is -2.15. The molecule has 8 nitrogen and oxygen atoms in total. The molecule has 0 atom stereocenters. The molecule has 0 saturated carbocycles. The summed E-state index contributed by atoms with van der Waals surface area (Å²) in [6.45, 7) is 4.51. The van der Waals surface area contributed by atoms with Crippen molar-refractivity contribution in [1.29, 1.82) is 0 Å². The lowest BCUT2D eigenvalue weighted by atomic mass is 10.1. The monoisotopic (exact) mass is 324 g/mol. The summed E-state index contributed by atoms with van der Waals surface area (Å²) in [6.07, 6.45) is 0. The molecule has 4 rings (SSSR count). The van der Waals surface area contributed by atoms with Gasteiger partial charge in [0.05, 0.1) is 17.9 Å². The van der Waals surface area contributed by atoms with Gasteiger partial charge in [-0.2, -0.15) is 10.3 Å². The molecule has 1 aliphatic heterocycles. The number of H-pyrrole nitrogens is 1. The molecule has 3 heterocycles. The van der Waals surface area contributed by atoms with Gasteiger partial charge in [-0.05, 0) is 30.0 Å². The van der Waals surface area contributed by atoms with E-state index < -0.39 is 0 Å². The van der Waals surface area contributed by atoms with Crippen LogP contribution in [0, 0.1) is 0 Å². The smallest absolute Gasteiger partial charge is 0.204 e. The van der Waals surface area contributed by atoms with Crippen LogP contribution in [0.15, 0.2) is 30.3 Å². The van der Waals surface area contributed by atoms with Gasteiger partial charge in [0.25, 0.3) is 0 Å². The molecule has 0 unspecified atom stereocenters. The normalized spacial score (nSPS) is 14.1. The van der Waals surface area contributed by atoms with E-state index in [-0.39, 0.29) is 0 Å². The number of nitrogens with zero attached hydrogens (tertiary/aromatic N) is 6. The molecule has 2 N–H and O–H groups in total. The average Bonchev–Trinajstić information content (AvgIpc) is 3.24. The molecule has 124 valence electrons. The highest BCUT2D eigenvalue weighted by molar-refractivity contribution is 5.54. The predicted molar refractivity (Wildman–Crippen MR) is 88.7 cm³/mol. The number of rotatable bonds is 5. The first-order valence-electron chi connectivity index (χ1n) is 8.05. The molecule has 3 aromatic rings. The molecule has 0 bridgehead atoms. The lowest BCUT2D eigenvalue weighted by molar-refractivity contribution is 0.313. The summed E-state index contributed by atoms with van der Waals surface area (Å²) in [5.41, 5.74) is 4.57. The third kappa shape index (κ3) is 3.19. The maximum atomic E-state index is 4.69. The predicted octanol–water partition coefficient (Wildman–Crippen LogP) is 0.798. The highest BCUT2D eigenvalue weighted by Gasteiger charge is 2.13. The average molecular weight is 324 g/mol. The summed E-state index contributed by atoms with van der Waals surface area (Å²) in [6, 6.07) is 10.4. The van der Waals surface area contributed by atoms with Crippen molar-refractivity contribution in [2.45, 2.75) is 26.2 Å². The number of aromatic amines is 1. The summed E-state index contributed by atoms with van der Waals surface area (Å²) in [4.78, 5) is 2.26. The number of tetrazole rings is 1. The standard InChI is InChI=1S/C16H20N8/c1-23(11-14-8-15-9-17-5-6-24(15)20-14)10-12-3-2-4-13(7-12)16-18-21-22-19-16/h2-4,7-8,17H,5-6,9-11H2,1H3,(H,18,19,21,22). The Kier molecular flexibility index (Phi) is 4.06. The fourth-order valence-corrected chi connectivity index (χ4v) is 3.07. The number of hydrogen-bond donors (Lipinski definition) is 2. The lowest BCUT2D eigenvalue weighted by Crippen LogP contribution is -2.28. The van der Waals surface area contributed by atoms with E-state index in [0.29, 0.717) is 5.82 Å². The van der Waals surface area contributed by atoms with Crippen LogP contribution in [0.25, 0.3) is 11.4 Å². The van der Waals surface area contributed by atoms with Gasteiger partial charge in [0.2, 0.25) is 5.82 Å². The maximum absolute atomic E-state index is 4.69. The van der Waals surface area contributed by atoms with Crippen molar-refractivity contribution in [3.63, 3.8) is 0 Å².